The summed E-state index contributed by atoms with van der Waals surface area (Å²) in [7, 11) is 0. The van der Waals surface area contributed by atoms with Gasteiger partial charge in [0.15, 0.2) is 6.79 Å². The molecule has 0 N–H and O–H groups in total. The van der Waals surface area contributed by atoms with Crippen LogP contribution in [0.4, 0.5) is 0 Å². The van der Waals surface area contributed by atoms with Crippen LogP contribution in [-0.4, -0.2) is 26.6 Å². The molecule has 0 aromatic carbocycles. The molecule has 0 unspecified atom stereocenters. The van der Waals surface area contributed by atoms with E-state index in [-0.39, 0.29) is 12.2 Å². The molecule has 0 heterocycles. The maximum absolute atomic E-state index is 5.31. The summed E-state index contributed by atoms with van der Waals surface area (Å²) in [6, 6.07) is 0. The molecule has 0 saturated heterocycles. The lowest BCUT2D eigenvalue weighted by Crippen LogP contribution is -2.26. The number of hydrogen-bond acceptors (Lipinski definition) is 3. The van der Waals surface area contributed by atoms with Crippen molar-refractivity contribution in [2.24, 2.45) is 5.41 Å². The third-order valence-corrected chi connectivity index (χ3v) is 1.46. The molecule has 13 heavy (non-hydrogen) atoms. The summed E-state index contributed by atoms with van der Waals surface area (Å²) < 4.78 is 15.4. The summed E-state index contributed by atoms with van der Waals surface area (Å²) in [5.41, 5.74) is 0.0422. The standard InChI is InChI=1S/C10H20O3/c1-5-11-7-10(3,4)8-13-9-12-6-2/h6H,2,5,7-9H2,1,3-4H3. The van der Waals surface area contributed by atoms with E-state index in [1.54, 1.807) is 0 Å². The average molecular weight is 188 g/mol. The van der Waals surface area contributed by atoms with E-state index in [0.717, 1.165) is 6.61 Å². The van der Waals surface area contributed by atoms with Gasteiger partial charge in [0.05, 0.1) is 19.5 Å². The summed E-state index contributed by atoms with van der Waals surface area (Å²) in [6.45, 7) is 11.9. The van der Waals surface area contributed by atoms with Crippen LogP contribution in [-0.2, 0) is 14.2 Å². The molecule has 0 aromatic heterocycles. The molecule has 0 aliphatic rings. The normalized spacial score (nSPS) is 11.3. The highest BCUT2D eigenvalue weighted by atomic mass is 16.7. The van der Waals surface area contributed by atoms with Gasteiger partial charge in [0.25, 0.3) is 0 Å². The Bertz CT molecular complexity index is 132. The molecule has 3 heteroatoms. The van der Waals surface area contributed by atoms with Crippen molar-refractivity contribution >= 4 is 0 Å². The monoisotopic (exact) mass is 188 g/mol. The van der Waals surface area contributed by atoms with Crippen LogP contribution in [0.3, 0.4) is 0 Å². The van der Waals surface area contributed by atoms with Gasteiger partial charge < -0.3 is 14.2 Å². The van der Waals surface area contributed by atoms with Crippen LogP contribution >= 0.6 is 0 Å². The first-order valence-corrected chi connectivity index (χ1v) is 4.50. The lowest BCUT2D eigenvalue weighted by atomic mass is 9.96. The van der Waals surface area contributed by atoms with Crippen molar-refractivity contribution in [1.82, 2.24) is 0 Å². The second kappa shape index (κ2) is 6.92. The zero-order valence-corrected chi connectivity index (χ0v) is 8.84. The summed E-state index contributed by atoms with van der Waals surface area (Å²) in [6.07, 6.45) is 1.37. The van der Waals surface area contributed by atoms with Crippen molar-refractivity contribution in [3.05, 3.63) is 12.8 Å². The second-order valence-corrected chi connectivity index (χ2v) is 3.60. The smallest absolute Gasteiger partial charge is 0.188 e. The second-order valence-electron chi connectivity index (χ2n) is 3.60. The van der Waals surface area contributed by atoms with Crippen LogP contribution < -0.4 is 0 Å². The zero-order valence-electron chi connectivity index (χ0n) is 8.84. The Morgan fingerprint density at radius 1 is 1.23 bits per heavy atom. The molecule has 78 valence electrons. The molecule has 0 amide bonds. The van der Waals surface area contributed by atoms with E-state index >= 15 is 0 Å². The van der Waals surface area contributed by atoms with Crippen molar-refractivity contribution in [2.45, 2.75) is 20.8 Å². The quantitative estimate of drug-likeness (QED) is 0.332. The Kier molecular flexibility index (Phi) is 6.63. The Hall–Kier alpha value is -0.540. The van der Waals surface area contributed by atoms with E-state index in [2.05, 4.69) is 20.4 Å². The van der Waals surface area contributed by atoms with Crippen LogP contribution in [0.15, 0.2) is 12.8 Å². The Morgan fingerprint density at radius 3 is 2.38 bits per heavy atom. The lowest BCUT2D eigenvalue weighted by Gasteiger charge is -2.23. The summed E-state index contributed by atoms with van der Waals surface area (Å²) in [4.78, 5) is 0. The van der Waals surface area contributed by atoms with E-state index in [9.17, 15) is 0 Å². The minimum atomic E-state index is 0.0422. The maximum Gasteiger partial charge on any atom is 0.188 e. The predicted molar refractivity (Wildman–Crippen MR) is 52.4 cm³/mol. The van der Waals surface area contributed by atoms with Gasteiger partial charge in [0.1, 0.15) is 0 Å². The Balaban J connectivity index is 3.44. The topological polar surface area (TPSA) is 27.7 Å². The molecule has 0 fully saturated rings. The first kappa shape index (κ1) is 12.5. The first-order valence-electron chi connectivity index (χ1n) is 4.50. The predicted octanol–water partition coefficient (Wildman–Crippen LogP) is 2.18. The third-order valence-electron chi connectivity index (χ3n) is 1.46. The molecule has 0 aliphatic carbocycles. The average Bonchev–Trinajstić information content (AvgIpc) is 2.09. The molecule has 0 rings (SSSR count). The molecule has 0 aromatic rings. The van der Waals surface area contributed by atoms with Gasteiger partial charge in [-0.05, 0) is 6.92 Å². The minimum Gasteiger partial charge on any atom is -0.476 e. The van der Waals surface area contributed by atoms with Crippen LogP contribution in [0.2, 0.25) is 0 Å². The molecule has 3 nitrogen and oxygen atoms in total. The summed E-state index contributed by atoms with van der Waals surface area (Å²) in [5, 5.41) is 0. The van der Waals surface area contributed by atoms with Crippen LogP contribution in [0, 0.1) is 5.41 Å². The Labute approximate surface area is 80.7 Å². The van der Waals surface area contributed by atoms with Gasteiger partial charge in [-0.1, -0.05) is 20.4 Å². The van der Waals surface area contributed by atoms with Crippen LogP contribution in [0.1, 0.15) is 20.8 Å². The number of ether oxygens (including phenoxy) is 3. The van der Waals surface area contributed by atoms with Crippen LogP contribution in [0.5, 0.6) is 0 Å². The minimum absolute atomic E-state index is 0.0422. The highest BCUT2D eigenvalue weighted by molar-refractivity contribution is 4.66. The third kappa shape index (κ3) is 7.81. The molecular formula is C10H20O3. The first-order chi connectivity index (χ1) is 6.12. The van der Waals surface area contributed by atoms with E-state index in [1.165, 1.54) is 6.26 Å². The summed E-state index contributed by atoms with van der Waals surface area (Å²) in [5.74, 6) is 0. The van der Waals surface area contributed by atoms with Crippen molar-refractivity contribution in [3.8, 4) is 0 Å². The van der Waals surface area contributed by atoms with Crippen molar-refractivity contribution in [3.63, 3.8) is 0 Å². The largest absolute Gasteiger partial charge is 0.476 e. The van der Waals surface area contributed by atoms with Gasteiger partial charge in [0, 0.05) is 12.0 Å². The SMILES string of the molecule is C=COCOCC(C)(C)COCC. The van der Waals surface area contributed by atoms with Crippen molar-refractivity contribution < 1.29 is 14.2 Å². The molecule has 0 bridgehead atoms. The lowest BCUT2D eigenvalue weighted by molar-refractivity contribution is -0.0622. The van der Waals surface area contributed by atoms with Gasteiger partial charge in [-0.3, -0.25) is 0 Å². The van der Waals surface area contributed by atoms with Gasteiger partial charge >= 0.3 is 0 Å². The molecule has 0 radical (unpaired) electrons. The molecule has 0 atom stereocenters. The van der Waals surface area contributed by atoms with Gasteiger partial charge in [-0.25, -0.2) is 0 Å². The number of rotatable bonds is 8. The fourth-order valence-corrected chi connectivity index (χ4v) is 0.834. The maximum atomic E-state index is 5.31. The summed E-state index contributed by atoms with van der Waals surface area (Å²) >= 11 is 0. The van der Waals surface area contributed by atoms with E-state index in [0.29, 0.717) is 13.2 Å². The molecule has 0 saturated carbocycles. The van der Waals surface area contributed by atoms with Gasteiger partial charge in [-0.2, -0.15) is 0 Å². The fourth-order valence-electron chi connectivity index (χ4n) is 0.834. The highest BCUT2D eigenvalue weighted by Crippen LogP contribution is 2.15. The molecule has 0 aliphatic heterocycles. The molecule has 0 spiro atoms. The van der Waals surface area contributed by atoms with E-state index in [4.69, 9.17) is 14.2 Å². The van der Waals surface area contributed by atoms with Gasteiger partial charge in [0.2, 0.25) is 0 Å². The molecular weight excluding hydrogens is 168 g/mol. The highest BCUT2D eigenvalue weighted by Gasteiger charge is 2.17. The fraction of sp³-hybridized carbons (Fsp3) is 0.800. The van der Waals surface area contributed by atoms with Gasteiger partial charge in [-0.15, -0.1) is 0 Å². The van der Waals surface area contributed by atoms with Crippen molar-refractivity contribution in [1.29, 1.82) is 0 Å². The van der Waals surface area contributed by atoms with Crippen LogP contribution in [0.25, 0.3) is 0 Å². The zero-order chi connectivity index (χ0) is 10.2. The van der Waals surface area contributed by atoms with E-state index < -0.39 is 0 Å². The Morgan fingerprint density at radius 2 is 1.85 bits per heavy atom. The van der Waals surface area contributed by atoms with E-state index in [1.807, 2.05) is 6.92 Å². The number of hydrogen-bond donors (Lipinski definition) is 0. The van der Waals surface area contributed by atoms with Crippen molar-refractivity contribution in [2.75, 3.05) is 26.6 Å².